The van der Waals surface area contributed by atoms with Gasteiger partial charge in [-0.3, -0.25) is 0 Å². The molecule has 68 valence electrons. The van der Waals surface area contributed by atoms with Gasteiger partial charge in [0, 0.05) is 0 Å². The average Bonchev–Trinajstić information content (AvgIpc) is 2.71. The second-order valence-electron chi connectivity index (χ2n) is 3.90. The highest BCUT2D eigenvalue weighted by atomic mass is 19.1. The number of hydrogen-bond donors (Lipinski definition) is 0. The van der Waals surface area contributed by atoms with E-state index in [1.807, 2.05) is 12.1 Å². The van der Waals surface area contributed by atoms with Crippen LogP contribution in [0.1, 0.15) is 24.8 Å². The molecule has 0 amide bonds. The Bertz CT molecular complexity index is 332. The summed E-state index contributed by atoms with van der Waals surface area (Å²) in [6, 6.07) is 6.73. The van der Waals surface area contributed by atoms with Crippen molar-refractivity contribution in [1.82, 2.24) is 0 Å². The zero-order chi connectivity index (χ0) is 8.89. The van der Waals surface area contributed by atoms with E-state index in [9.17, 15) is 4.39 Å². The van der Waals surface area contributed by atoms with E-state index >= 15 is 0 Å². The Labute approximate surface area is 76.5 Å². The lowest BCUT2D eigenvalue weighted by Gasteiger charge is -2.07. The van der Waals surface area contributed by atoms with Crippen molar-refractivity contribution < 1.29 is 9.13 Å². The third-order valence-corrected chi connectivity index (χ3v) is 3.16. The Morgan fingerprint density at radius 1 is 1.31 bits per heavy atom. The maximum atomic E-state index is 12.7. The third kappa shape index (κ3) is 0.953. The molecule has 2 unspecified atom stereocenters. The number of rotatable bonds is 1. The van der Waals surface area contributed by atoms with Crippen LogP contribution >= 0.6 is 0 Å². The van der Waals surface area contributed by atoms with Gasteiger partial charge in [-0.25, -0.2) is 4.39 Å². The van der Waals surface area contributed by atoms with Crippen LogP contribution in [0.25, 0.3) is 0 Å². The number of hydrogen-bond acceptors (Lipinski definition) is 1. The first-order chi connectivity index (χ1) is 6.31. The van der Waals surface area contributed by atoms with Crippen LogP contribution in [0, 0.1) is 5.82 Å². The van der Waals surface area contributed by atoms with Gasteiger partial charge < -0.3 is 4.74 Å². The zero-order valence-electron chi connectivity index (χ0n) is 7.29. The number of epoxide rings is 1. The summed E-state index contributed by atoms with van der Waals surface area (Å²) in [4.78, 5) is 0. The number of ether oxygens (including phenoxy) is 1. The van der Waals surface area contributed by atoms with E-state index in [0.29, 0.717) is 6.10 Å². The SMILES string of the molecule is Fc1ccc(C23CCCC2O3)cc1. The van der Waals surface area contributed by atoms with Crippen LogP contribution in [0.2, 0.25) is 0 Å². The summed E-state index contributed by atoms with van der Waals surface area (Å²) in [5, 5.41) is 0. The molecule has 0 spiro atoms. The fourth-order valence-corrected chi connectivity index (χ4v) is 2.41. The van der Waals surface area contributed by atoms with Crippen molar-refractivity contribution in [3.8, 4) is 0 Å². The summed E-state index contributed by atoms with van der Waals surface area (Å²) in [5.41, 5.74) is 1.13. The van der Waals surface area contributed by atoms with Crippen LogP contribution in [0.5, 0.6) is 0 Å². The molecule has 1 saturated heterocycles. The Morgan fingerprint density at radius 3 is 2.62 bits per heavy atom. The quantitative estimate of drug-likeness (QED) is 0.602. The van der Waals surface area contributed by atoms with E-state index in [1.165, 1.54) is 18.6 Å². The van der Waals surface area contributed by atoms with Crippen LogP contribution in [0.3, 0.4) is 0 Å². The summed E-state index contributed by atoms with van der Waals surface area (Å²) in [7, 11) is 0. The van der Waals surface area contributed by atoms with Crippen molar-refractivity contribution in [2.75, 3.05) is 0 Å². The Hall–Kier alpha value is -0.890. The smallest absolute Gasteiger partial charge is 0.123 e. The monoisotopic (exact) mass is 178 g/mol. The van der Waals surface area contributed by atoms with E-state index in [0.717, 1.165) is 18.4 Å². The van der Waals surface area contributed by atoms with Gasteiger partial charge in [0.1, 0.15) is 11.4 Å². The maximum absolute atomic E-state index is 12.7. The van der Waals surface area contributed by atoms with E-state index in [4.69, 9.17) is 4.74 Å². The number of halogens is 1. The van der Waals surface area contributed by atoms with Crippen molar-refractivity contribution >= 4 is 0 Å². The summed E-state index contributed by atoms with van der Waals surface area (Å²) in [5.74, 6) is -0.171. The lowest BCUT2D eigenvalue weighted by Crippen LogP contribution is -2.06. The van der Waals surface area contributed by atoms with Gasteiger partial charge in [0.15, 0.2) is 0 Å². The molecule has 1 aromatic carbocycles. The molecule has 1 saturated carbocycles. The average molecular weight is 178 g/mol. The predicted octanol–water partition coefficient (Wildman–Crippen LogP) is 2.60. The molecule has 2 aliphatic rings. The van der Waals surface area contributed by atoms with E-state index < -0.39 is 0 Å². The van der Waals surface area contributed by atoms with Gasteiger partial charge in [-0.2, -0.15) is 0 Å². The molecule has 0 bridgehead atoms. The molecule has 1 nitrogen and oxygen atoms in total. The summed E-state index contributed by atoms with van der Waals surface area (Å²) < 4.78 is 18.3. The highest BCUT2D eigenvalue weighted by Gasteiger charge is 2.60. The van der Waals surface area contributed by atoms with Crippen molar-refractivity contribution in [2.45, 2.75) is 31.0 Å². The Morgan fingerprint density at radius 2 is 2.08 bits per heavy atom. The van der Waals surface area contributed by atoms with E-state index in [1.54, 1.807) is 0 Å². The second kappa shape index (κ2) is 2.32. The predicted molar refractivity (Wildman–Crippen MR) is 46.8 cm³/mol. The molecular formula is C11H11FO. The first kappa shape index (κ1) is 7.51. The molecule has 2 heteroatoms. The van der Waals surface area contributed by atoms with Crippen molar-refractivity contribution in [3.63, 3.8) is 0 Å². The lowest BCUT2D eigenvalue weighted by molar-refractivity contribution is 0.253. The molecule has 1 aliphatic carbocycles. The first-order valence-electron chi connectivity index (χ1n) is 4.75. The van der Waals surface area contributed by atoms with Crippen LogP contribution in [0.4, 0.5) is 4.39 Å². The molecule has 3 rings (SSSR count). The largest absolute Gasteiger partial charge is 0.361 e. The zero-order valence-corrected chi connectivity index (χ0v) is 7.29. The molecule has 0 N–H and O–H groups in total. The fourth-order valence-electron chi connectivity index (χ4n) is 2.41. The van der Waals surface area contributed by atoms with Crippen LogP contribution in [0.15, 0.2) is 24.3 Å². The maximum Gasteiger partial charge on any atom is 0.123 e. The molecule has 1 heterocycles. The van der Waals surface area contributed by atoms with Crippen LogP contribution in [-0.4, -0.2) is 6.10 Å². The van der Waals surface area contributed by atoms with Gasteiger partial charge in [0.25, 0.3) is 0 Å². The fraction of sp³-hybridized carbons (Fsp3) is 0.455. The molecule has 0 aromatic heterocycles. The molecule has 1 aliphatic heterocycles. The normalized spacial score (nSPS) is 35.9. The highest BCUT2D eigenvalue weighted by Crippen LogP contribution is 2.57. The minimum absolute atomic E-state index is 0.0201. The van der Waals surface area contributed by atoms with Crippen LogP contribution < -0.4 is 0 Å². The molecule has 13 heavy (non-hydrogen) atoms. The van der Waals surface area contributed by atoms with Crippen molar-refractivity contribution in [3.05, 3.63) is 35.6 Å². The minimum Gasteiger partial charge on any atom is -0.361 e. The number of benzene rings is 1. The first-order valence-corrected chi connectivity index (χ1v) is 4.75. The van der Waals surface area contributed by atoms with Gasteiger partial charge in [-0.1, -0.05) is 12.1 Å². The second-order valence-corrected chi connectivity index (χ2v) is 3.90. The molecule has 0 radical (unpaired) electrons. The van der Waals surface area contributed by atoms with Crippen LogP contribution in [-0.2, 0) is 10.3 Å². The standard InChI is InChI=1S/C11H11FO/c12-9-5-3-8(4-6-9)11-7-1-2-10(11)13-11/h3-6,10H,1-2,7H2. The molecule has 2 atom stereocenters. The number of fused-ring (bicyclic) bond motifs is 1. The molecular weight excluding hydrogens is 167 g/mol. The van der Waals surface area contributed by atoms with Crippen molar-refractivity contribution in [1.29, 1.82) is 0 Å². The highest BCUT2D eigenvalue weighted by molar-refractivity contribution is 5.31. The third-order valence-electron chi connectivity index (χ3n) is 3.16. The summed E-state index contributed by atoms with van der Waals surface area (Å²) >= 11 is 0. The molecule has 1 aromatic rings. The van der Waals surface area contributed by atoms with E-state index in [-0.39, 0.29) is 11.4 Å². The van der Waals surface area contributed by atoms with Gasteiger partial charge in [-0.05, 0) is 37.0 Å². The van der Waals surface area contributed by atoms with Gasteiger partial charge in [-0.15, -0.1) is 0 Å². The van der Waals surface area contributed by atoms with Gasteiger partial charge >= 0.3 is 0 Å². The van der Waals surface area contributed by atoms with E-state index in [2.05, 4.69) is 0 Å². The Balaban J connectivity index is 1.97. The minimum atomic E-state index is -0.171. The topological polar surface area (TPSA) is 12.5 Å². The molecule has 2 fully saturated rings. The van der Waals surface area contributed by atoms with Gasteiger partial charge in [0.2, 0.25) is 0 Å². The van der Waals surface area contributed by atoms with Gasteiger partial charge in [0.05, 0.1) is 6.10 Å². The lowest BCUT2D eigenvalue weighted by atomic mass is 9.97. The van der Waals surface area contributed by atoms with Crippen molar-refractivity contribution in [2.24, 2.45) is 0 Å². The summed E-state index contributed by atoms with van der Waals surface area (Å²) in [6.07, 6.45) is 3.92. The Kier molecular flexibility index (Phi) is 1.34. The summed E-state index contributed by atoms with van der Waals surface area (Å²) in [6.45, 7) is 0.